The number of aliphatic imine (C=N–C) groups is 1. The predicted octanol–water partition coefficient (Wildman–Crippen LogP) is 4.79. The number of ether oxygens (including phenoxy) is 1. The molecular weight excluding hydrogens is 286 g/mol. The highest BCUT2D eigenvalue weighted by Crippen LogP contribution is 2.36. The van der Waals surface area contributed by atoms with Gasteiger partial charge in [0.05, 0.1) is 5.60 Å². The topological polar surface area (TPSA) is 41.8 Å². The maximum Gasteiger partial charge on any atom is 0.175 e. The highest BCUT2D eigenvalue weighted by atomic mass is 16.6. The molecule has 0 bridgehead atoms. The Morgan fingerprint density at radius 1 is 1.39 bits per heavy atom. The molecule has 1 fully saturated rings. The molecule has 0 amide bonds. The SMILES string of the molecule is CC1CC(CC2=NC=CC=CC2)CCC1=CC(O)OC(C)(C)C. The van der Waals surface area contributed by atoms with Crippen LogP contribution in [0.1, 0.15) is 59.8 Å². The van der Waals surface area contributed by atoms with Gasteiger partial charge in [-0.2, -0.15) is 0 Å². The van der Waals surface area contributed by atoms with Gasteiger partial charge in [0, 0.05) is 18.3 Å². The number of aliphatic hydroxyl groups excluding tert-OH is 1. The lowest BCUT2D eigenvalue weighted by Gasteiger charge is -2.31. The summed E-state index contributed by atoms with van der Waals surface area (Å²) in [4.78, 5) is 4.55. The number of aliphatic hydroxyl groups is 1. The van der Waals surface area contributed by atoms with E-state index in [0.717, 1.165) is 19.3 Å². The van der Waals surface area contributed by atoms with Gasteiger partial charge in [0.1, 0.15) is 0 Å². The fourth-order valence-corrected chi connectivity index (χ4v) is 3.40. The summed E-state index contributed by atoms with van der Waals surface area (Å²) in [6.07, 6.45) is 14.7. The average molecular weight is 317 g/mol. The number of hydrogen-bond donors (Lipinski definition) is 1. The minimum absolute atomic E-state index is 0.324. The van der Waals surface area contributed by atoms with Gasteiger partial charge in [0.25, 0.3) is 0 Å². The molecule has 1 N–H and O–H groups in total. The second-order valence-corrected chi connectivity index (χ2v) is 7.78. The van der Waals surface area contributed by atoms with Gasteiger partial charge >= 0.3 is 0 Å². The first-order chi connectivity index (χ1) is 10.8. The zero-order valence-electron chi connectivity index (χ0n) is 15.0. The van der Waals surface area contributed by atoms with E-state index in [0.29, 0.717) is 11.8 Å². The van der Waals surface area contributed by atoms with Gasteiger partial charge in [-0.05, 0) is 70.4 Å². The first kappa shape index (κ1) is 18.2. The maximum absolute atomic E-state index is 10.1. The standard InChI is InChI=1S/C20H31NO2/c1-15-12-16(13-18-8-6-5-7-11-21-18)9-10-17(15)14-19(22)23-20(2,3)4/h5-7,11,14-16,19,22H,8-10,12-13H2,1-4H3. The van der Waals surface area contributed by atoms with Crippen molar-refractivity contribution in [3.8, 4) is 0 Å². The Balaban J connectivity index is 1.88. The van der Waals surface area contributed by atoms with Crippen LogP contribution < -0.4 is 0 Å². The molecule has 2 rings (SSSR count). The predicted molar refractivity (Wildman–Crippen MR) is 96.4 cm³/mol. The van der Waals surface area contributed by atoms with E-state index in [1.54, 1.807) is 0 Å². The second-order valence-electron chi connectivity index (χ2n) is 7.78. The molecular formula is C20H31NO2. The van der Waals surface area contributed by atoms with E-state index in [-0.39, 0.29) is 5.60 Å². The highest BCUT2D eigenvalue weighted by Gasteiger charge is 2.25. The average Bonchev–Trinajstić information content (AvgIpc) is 2.68. The van der Waals surface area contributed by atoms with Crippen LogP contribution in [-0.2, 0) is 4.74 Å². The first-order valence-electron chi connectivity index (χ1n) is 8.77. The minimum atomic E-state index is -0.800. The molecule has 1 heterocycles. The number of rotatable bonds is 4. The van der Waals surface area contributed by atoms with Gasteiger partial charge in [-0.15, -0.1) is 0 Å². The lowest BCUT2D eigenvalue weighted by atomic mass is 9.76. The maximum atomic E-state index is 10.1. The van der Waals surface area contributed by atoms with Crippen molar-refractivity contribution in [1.29, 1.82) is 0 Å². The van der Waals surface area contributed by atoms with Gasteiger partial charge in [0.2, 0.25) is 0 Å². The number of hydrogen-bond acceptors (Lipinski definition) is 3. The molecule has 23 heavy (non-hydrogen) atoms. The van der Waals surface area contributed by atoms with Crippen LogP contribution >= 0.6 is 0 Å². The Kier molecular flexibility index (Phi) is 6.37. The van der Waals surface area contributed by atoms with Gasteiger partial charge in [-0.25, -0.2) is 0 Å². The molecule has 0 aromatic heterocycles. The zero-order valence-corrected chi connectivity index (χ0v) is 15.0. The van der Waals surface area contributed by atoms with Gasteiger partial charge in [-0.1, -0.05) is 24.6 Å². The van der Waals surface area contributed by atoms with Crippen molar-refractivity contribution in [2.75, 3.05) is 0 Å². The van der Waals surface area contributed by atoms with E-state index in [1.165, 1.54) is 24.1 Å². The van der Waals surface area contributed by atoms with Crippen LogP contribution in [0.4, 0.5) is 0 Å². The summed E-state index contributed by atoms with van der Waals surface area (Å²) in [6, 6.07) is 0. The molecule has 1 saturated carbocycles. The summed E-state index contributed by atoms with van der Waals surface area (Å²) in [5, 5.41) is 10.1. The van der Waals surface area contributed by atoms with Crippen molar-refractivity contribution in [3.05, 3.63) is 36.1 Å². The van der Waals surface area contributed by atoms with Gasteiger partial charge < -0.3 is 9.84 Å². The normalized spacial score (nSPS) is 28.6. The Morgan fingerprint density at radius 3 is 2.87 bits per heavy atom. The van der Waals surface area contributed by atoms with E-state index in [4.69, 9.17) is 4.74 Å². The van der Waals surface area contributed by atoms with E-state index < -0.39 is 6.29 Å². The molecule has 3 unspecified atom stereocenters. The molecule has 1 aliphatic heterocycles. The Bertz CT molecular complexity index is 508. The van der Waals surface area contributed by atoms with E-state index in [2.05, 4.69) is 24.1 Å². The van der Waals surface area contributed by atoms with Gasteiger partial charge in [0.15, 0.2) is 6.29 Å². The summed E-state index contributed by atoms with van der Waals surface area (Å²) in [6.45, 7) is 8.15. The molecule has 0 radical (unpaired) electrons. The van der Waals surface area contributed by atoms with E-state index >= 15 is 0 Å². The summed E-state index contributed by atoms with van der Waals surface area (Å²) >= 11 is 0. The summed E-state index contributed by atoms with van der Waals surface area (Å²) in [5.74, 6) is 1.20. The smallest absolute Gasteiger partial charge is 0.175 e. The third-order valence-corrected chi connectivity index (χ3v) is 4.46. The van der Waals surface area contributed by atoms with Crippen LogP contribution in [-0.4, -0.2) is 22.7 Å². The van der Waals surface area contributed by atoms with E-state index in [9.17, 15) is 5.11 Å². The molecule has 3 heteroatoms. The van der Waals surface area contributed by atoms with Crippen molar-refractivity contribution in [2.45, 2.75) is 71.7 Å². The Morgan fingerprint density at radius 2 is 2.17 bits per heavy atom. The summed E-state index contributed by atoms with van der Waals surface area (Å²) in [5.41, 5.74) is 2.30. The molecule has 3 atom stereocenters. The van der Waals surface area contributed by atoms with Crippen LogP contribution in [0.5, 0.6) is 0 Å². The van der Waals surface area contributed by atoms with Crippen LogP contribution in [0.3, 0.4) is 0 Å². The van der Waals surface area contributed by atoms with Crippen molar-refractivity contribution < 1.29 is 9.84 Å². The van der Waals surface area contributed by atoms with Crippen molar-refractivity contribution in [1.82, 2.24) is 0 Å². The monoisotopic (exact) mass is 317 g/mol. The first-order valence-corrected chi connectivity index (χ1v) is 8.77. The van der Waals surface area contributed by atoms with Crippen LogP contribution in [0.2, 0.25) is 0 Å². The fraction of sp³-hybridized carbons (Fsp3) is 0.650. The fourth-order valence-electron chi connectivity index (χ4n) is 3.40. The molecule has 3 nitrogen and oxygen atoms in total. The highest BCUT2D eigenvalue weighted by molar-refractivity contribution is 5.86. The van der Waals surface area contributed by atoms with Gasteiger partial charge in [-0.3, -0.25) is 4.99 Å². The van der Waals surface area contributed by atoms with Crippen LogP contribution in [0.25, 0.3) is 0 Å². The third-order valence-electron chi connectivity index (χ3n) is 4.46. The molecule has 0 saturated heterocycles. The second kappa shape index (κ2) is 8.07. The Hall–Kier alpha value is -1.19. The van der Waals surface area contributed by atoms with E-state index in [1.807, 2.05) is 39.1 Å². The number of allylic oxidation sites excluding steroid dienone is 4. The largest absolute Gasteiger partial charge is 0.365 e. The van der Waals surface area contributed by atoms with Crippen molar-refractivity contribution in [3.63, 3.8) is 0 Å². The minimum Gasteiger partial charge on any atom is -0.365 e. The quantitative estimate of drug-likeness (QED) is 0.598. The zero-order chi connectivity index (χ0) is 16.9. The molecule has 1 aliphatic carbocycles. The van der Waals surface area contributed by atoms with Crippen LogP contribution in [0.15, 0.2) is 41.1 Å². The summed E-state index contributed by atoms with van der Waals surface area (Å²) in [7, 11) is 0. The van der Waals surface area contributed by atoms with Crippen molar-refractivity contribution >= 4 is 5.71 Å². The number of nitrogens with zero attached hydrogens (tertiary/aromatic N) is 1. The lowest BCUT2D eigenvalue weighted by Crippen LogP contribution is -2.27. The van der Waals surface area contributed by atoms with Crippen molar-refractivity contribution in [2.24, 2.45) is 16.8 Å². The Labute approximate surface area is 140 Å². The molecule has 128 valence electrons. The van der Waals surface area contributed by atoms with Crippen LogP contribution in [0, 0.1) is 11.8 Å². The molecule has 0 aromatic rings. The molecule has 2 aliphatic rings. The molecule has 0 spiro atoms. The molecule has 0 aromatic carbocycles. The third kappa shape index (κ3) is 6.44. The summed E-state index contributed by atoms with van der Waals surface area (Å²) < 4.78 is 5.60. The lowest BCUT2D eigenvalue weighted by molar-refractivity contribution is -0.138.